The second kappa shape index (κ2) is 3.07. The van der Waals surface area contributed by atoms with Gasteiger partial charge in [-0.1, -0.05) is 38.1 Å². The van der Waals surface area contributed by atoms with Gasteiger partial charge in [0.2, 0.25) is 0 Å². The minimum Gasteiger partial charge on any atom is -0.389 e. The van der Waals surface area contributed by atoms with Crippen LogP contribution >= 0.6 is 0 Å². The van der Waals surface area contributed by atoms with Crippen LogP contribution in [0.4, 0.5) is 0 Å². The van der Waals surface area contributed by atoms with E-state index in [0.717, 1.165) is 17.5 Å². The maximum Gasteiger partial charge on any atom is 0.106 e. The summed E-state index contributed by atoms with van der Waals surface area (Å²) in [6, 6.07) is 7.77. The summed E-state index contributed by atoms with van der Waals surface area (Å²) in [6.45, 7) is 3.97. The second-order valence-electron chi connectivity index (χ2n) is 4.75. The Hall–Kier alpha value is -0.860. The van der Waals surface area contributed by atoms with Crippen LogP contribution in [0.1, 0.15) is 31.1 Å². The summed E-state index contributed by atoms with van der Waals surface area (Å²) >= 11 is 0. The molecule has 0 fully saturated rings. The summed E-state index contributed by atoms with van der Waals surface area (Å²) < 4.78 is 0. The molecule has 0 saturated carbocycles. The Bertz CT molecular complexity index is 344. The van der Waals surface area contributed by atoms with Crippen molar-refractivity contribution in [2.24, 2.45) is 5.41 Å². The molecule has 1 aromatic rings. The van der Waals surface area contributed by atoms with Crippen molar-refractivity contribution in [2.75, 3.05) is 0 Å². The first-order valence-electron chi connectivity index (χ1n) is 4.96. The lowest BCUT2D eigenvalue weighted by Gasteiger charge is -2.39. The lowest BCUT2D eigenvalue weighted by atomic mass is 9.71. The zero-order chi connectivity index (χ0) is 10.3. The lowest BCUT2D eigenvalue weighted by Crippen LogP contribution is -2.40. The van der Waals surface area contributed by atoms with Crippen LogP contribution in [0.3, 0.4) is 0 Å². The Balaban J connectivity index is 2.48. The topological polar surface area (TPSA) is 40.5 Å². The average molecular weight is 192 g/mol. The number of aliphatic hydroxyl groups is 2. The number of hydrogen-bond donors (Lipinski definition) is 2. The van der Waals surface area contributed by atoms with E-state index in [4.69, 9.17) is 0 Å². The van der Waals surface area contributed by atoms with E-state index in [1.807, 2.05) is 38.1 Å². The minimum absolute atomic E-state index is 0.242. The van der Waals surface area contributed by atoms with Crippen molar-refractivity contribution < 1.29 is 10.2 Å². The summed E-state index contributed by atoms with van der Waals surface area (Å²) in [6.07, 6.45) is -0.589. The van der Waals surface area contributed by atoms with Gasteiger partial charge in [0, 0.05) is 0 Å². The van der Waals surface area contributed by atoms with Gasteiger partial charge in [0.1, 0.15) is 6.10 Å². The summed E-state index contributed by atoms with van der Waals surface area (Å²) in [5, 5.41) is 19.8. The van der Waals surface area contributed by atoms with Crippen molar-refractivity contribution in [3.05, 3.63) is 35.4 Å². The quantitative estimate of drug-likeness (QED) is 0.656. The van der Waals surface area contributed by atoms with E-state index in [2.05, 4.69) is 0 Å². The zero-order valence-corrected chi connectivity index (χ0v) is 8.57. The Morgan fingerprint density at radius 1 is 1.21 bits per heavy atom. The van der Waals surface area contributed by atoms with E-state index in [0.29, 0.717) is 0 Å². The molecule has 0 spiro atoms. The lowest BCUT2D eigenvalue weighted by molar-refractivity contribution is -0.0625. The van der Waals surface area contributed by atoms with Crippen LogP contribution in [0.2, 0.25) is 0 Å². The molecule has 2 nitrogen and oxygen atoms in total. The first kappa shape index (κ1) is 9.69. The van der Waals surface area contributed by atoms with E-state index >= 15 is 0 Å². The molecule has 0 saturated heterocycles. The maximum atomic E-state index is 9.92. The van der Waals surface area contributed by atoms with E-state index in [1.165, 1.54) is 0 Å². The Morgan fingerprint density at radius 2 is 1.86 bits per heavy atom. The standard InChI is InChI=1S/C12H16O2/c1-12(2)7-8-5-3-4-6-9(8)10(13)11(12)14/h3-6,10-11,13-14H,7H2,1-2H3. The van der Waals surface area contributed by atoms with Gasteiger partial charge in [0.05, 0.1) is 6.10 Å². The monoisotopic (exact) mass is 192 g/mol. The second-order valence-corrected chi connectivity index (χ2v) is 4.75. The molecule has 0 aromatic heterocycles. The molecule has 2 heteroatoms. The highest BCUT2D eigenvalue weighted by molar-refractivity contribution is 5.34. The fraction of sp³-hybridized carbons (Fsp3) is 0.500. The average Bonchev–Trinajstić information content (AvgIpc) is 2.14. The first-order valence-corrected chi connectivity index (χ1v) is 4.96. The zero-order valence-electron chi connectivity index (χ0n) is 8.57. The molecule has 0 bridgehead atoms. The van der Waals surface area contributed by atoms with Gasteiger partial charge in [0.25, 0.3) is 0 Å². The molecule has 14 heavy (non-hydrogen) atoms. The van der Waals surface area contributed by atoms with Crippen molar-refractivity contribution in [2.45, 2.75) is 32.5 Å². The molecule has 1 aliphatic carbocycles. The van der Waals surface area contributed by atoms with Gasteiger partial charge in [-0.25, -0.2) is 0 Å². The SMILES string of the molecule is CC1(C)Cc2ccccc2C(O)C1O. The normalized spacial score (nSPS) is 29.7. The molecule has 2 N–H and O–H groups in total. The summed E-state index contributed by atoms with van der Waals surface area (Å²) in [5.74, 6) is 0. The van der Waals surface area contributed by atoms with E-state index in [9.17, 15) is 10.2 Å². The molecule has 0 radical (unpaired) electrons. The van der Waals surface area contributed by atoms with Crippen molar-refractivity contribution in [1.82, 2.24) is 0 Å². The third-order valence-electron chi connectivity index (χ3n) is 3.12. The van der Waals surface area contributed by atoms with Crippen LogP contribution in [-0.4, -0.2) is 16.3 Å². The minimum atomic E-state index is -0.741. The van der Waals surface area contributed by atoms with Gasteiger partial charge in [-0.2, -0.15) is 0 Å². The molecule has 2 atom stereocenters. The summed E-state index contributed by atoms with van der Waals surface area (Å²) in [7, 11) is 0. The smallest absolute Gasteiger partial charge is 0.106 e. The van der Waals surface area contributed by atoms with Crippen molar-refractivity contribution >= 4 is 0 Å². The number of benzene rings is 1. The summed E-state index contributed by atoms with van der Waals surface area (Å²) in [4.78, 5) is 0. The number of aliphatic hydroxyl groups excluding tert-OH is 2. The molecule has 1 aromatic carbocycles. The number of rotatable bonds is 0. The van der Waals surface area contributed by atoms with Crippen molar-refractivity contribution in [3.8, 4) is 0 Å². The number of fused-ring (bicyclic) bond motifs is 1. The Kier molecular flexibility index (Phi) is 2.13. The van der Waals surface area contributed by atoms with Crippen LogP contribution in [0.5, 0.6) is 0 Å². The van der Waals surface area contributed by atoms with Crippen molar-refractivity contribution in [1.29, 1.82) is 0 Å². The molecule has 1 aliphatic rings. The highest BCUT2D eigenvalue weighted by atomic mass is 16.3. The predicted molar refractivity (Wildman–Crippen MR) is 54.9 cm³/mol. The maximum absolute atomic E-state index is 9.92. The molecular formula is C12H16O2. The van der Waals surface area contributed by atoms with Gasteiger partial charge < -0.3 is 10.2 Å². The Labute approximate surface area is 84.2 Å². The van der Waals surface area contributed by atoms with Crippen LogP contribution < -0.4 is 0 Å². The van der Waals surface area contributed by atoms with Crippen molar-refractivity contribution in [3.63, 3.8) is 0 Å². The highest BCUT2D eigenvalue weighted by Gasteiger charge is 2.39. The number of hydrogen-bond acceptors (Lipinski definition) is 2. The fourth-order valence-corrected chi connectivity index (χ4v) is 2.18. The van der Waals surface area contributed by atoms with Crippen LogP contribution in [0.25, 0.3) is 0 Å². The molecule has 0 amide bonds. The van der Waals surface area contributed by atoms with Crippen LogP contribution in [0, 0.1) is 5.41 Å². The third-order valence-corrected chi connectivity index (χ3v) is 3.12. The fourth-order valence-electron chi connectivity index (χ4n) is 2.18. The predicted octanol–water partition coefficient (Wildman–Crippen LogP) is 1.66. The molecular weight excluding hydrogens is 176 g/mol. The molecule has 2 rings (SSSR count). The van der Waals surface area contributed by atoms with Gasteiger partial charge in [0.15, 0.2) is 0 Å². The molecule has 0 aliphatic heterocycles. The van der Waals surface area contributed by atoms with Gasteiger partial charge in [-0.3, -0.25) is 0 Å². The largest absolute Gasteiger partial charge is 0.389 e. The highest BCUT2D eigenvalue weighted by Crippen LogP contribution is 2.40. The molecule has 2 unspecified atom stereocenters. The van der Waals surface area contributed by atoms with E-state index < -0.39 is 12.2 Å². The Morgan fingerprint density at radius 3 is 2.57 bits per heavy atom. The third kappa shape index (κ3) is 1.35. The van der Waals surface area contributed by atoms with Gasteiger partial charge in [-0.15, -0.1) is 0 Å². The van der Waals surface area contributed by atoms with E-state index in [1.54, 1.807) is 0 Å². The molecule has 76 valence electrons. The molecule has 0 heterocycles. The van der Waals surface area contributed by atoms with Crippen LogP contribution in [-0.2, 0) is 6.42 Å². The van der Waals surface area contributed by atoms with Crippen LogP contribution in [0.15, 0.2) is 24.3 Å². The first-order chi connectivity index (χ1) is 6.52. The summed E-state index contributed by atoms with van der Waals surface area (Å²) in [5.41, 5.74) is 1.78. The van der Waals surface area contributed by atoms with Gasteiger partial charge >= 0.3 is 0 Å². The van der Waals surface area contributed by atoms with E-state index in [-0.39, 0.29) is 5.41 Å². The van der Waals surface area contributed by atoms with Gasteiger partial charge in [-0.05, 0) is 23.0 Å².